The molecular weight excluding hydrogens is 593 g/mol. The second-order valence-electron chi connectivity index (χ2n) is 9.69. The molecule has 0 fully saturated rings. The number of benzene rings is 4. The lowest BCUT2D eigenvalue weighted by molar-refractivity contribution is -0.139. The van der Waals surface area contributed by atoms with Crippen LogP contribution in [0.15, 0.2) is 108 Å². The van der Waals surface area contributed by atoms with Crippen LogP contribution in [0.2, 0.25) is 10.0 Å². The predicted molar refractivity (Wildman–Crippen MR) is 167 cm³/mol. The Morgan fingerprint density at radius 1 is 0.857 bits per heavy atom. The molecule has 2 amide bonds. The Hall–Kier alpha value is -3.85. The Labute approximate surface area is 256 Å². The van der Waals surface area contributed by atoms with E-state index in [1.54, 1.807) is 18.2 Å². The van der Waals surface area contributed by atoms with E-state index in [1.807, 2.05) is 61.5 Å². The SMILES string of the molecule is CNC(=O)[C@@H](Cc1ccccc1)N(Cc1ccccc1C)C(=O)CN(c1cc(Cl)ccc1Cl)S(=O)(=O)c1ccccc1. The summed E-state index contributed by atoms with van der Waals surface area (Å²) in [6.45, 7) is 1.38. The highest BCUT2D eigenvalue weighted by molar-refractivity contribution is 7.92. The van der Waals surface area contributed by atoms with Gasteiger partial charge in [-0.2, -0.15) is 0 Å². The molecule has 0 bridgehead atoms. The Morgan fingerprint density at radius 2 is 1.48 bits per heavy atom. The van der Waals surface area contributed by atoms with Crippen LogP contribution in [0.4, 0.5) is 5.69 Å². The topological polar surface area (TPSA) is 86.8 Å². The molecule has 0 heterocycles. The highest BCUT2D eigenvalue weighted by Gasteiger charge is 2.35. The van der Waals surface area contributed by atoms with Crippen LogP contribution in [0.25, 0.3) is 0 Å². The molecule has 7 nitrogen and oxygen atoms in total. The summed E-state index contributed by atoms with van der Waals surface area (Å²) >= 11 is 12.7. The Balaban J connectivity index is 1.82. The summed E-state index contributed by atoms with van der Waals surface area (Å²) < 4.78 is 28.9. The number of carbonyl (C=O) groups is 2. The Morgan fingerprint density at radius 3 is 2.12 bits per heavy atom. The number of sulfonamides is 1. The monoisotopic (exact) mass is 623 g/mol. The van der Waals surface area contributed by atoms with E-state index in [4.69, 9.17) is 23.2 Å². The van der Waals surface area contributed by atoms with Crippen LogP contribution in [0.1, 0.15) is 16.7 Å². The first-order valence-electron chi connectivity index (χ1n) is 13.2. The summed E-state index contributed by atoms with van der Waals surface area (Å²) in [5.41, 5.74) is 2.65. The summed E-state index contributed by atoms with van der Waals surface area (Å²) in [5, 5.41) is 3.03. The molecule has 42 heavy (non-hydrogen) atoms. The number of hydrogen-bond donors (Lipinski definition) is 1. The highest BCUT2D eigenvalue weighted by Crippen LogP contribution is 2.33. The molecule has 4 aromatic carbocycles. The summed E-state index contributed by atoms with van der Waals surface area (Å²) in [4.78, 5) is 29.1. The van der Waals surface area contributed by atoms with Gasteiger partial charge in [0.1, 0.15) is 12.6 Å². The van der Waals surface area contributed by atoms with Crippen molar-refractivity contribution in [2.75, 3.05) is 17.9 Å². The van der Waals surface area contributed by atoms with E-state index in [0.29, 0.717) is 0 Å². The van der Waals surface area contributed by atoms with Gasteiger partial charge >= 0.3 is 0 Å². The van der Waals surface area contributed by atoms with Gasteiger partial charge in [-0.1, -0.05) is 96.0 Å². The van der Waals surface area contributed by atoms with Crippen LogP contribution in [-0.2, 0) is 32.6 Å². The third-order valence-electron chi connectivity index (χ3n) is 6.91. The summed E-state index contributed by atoms with van der Waals surface area (Å²) in [6.07, 6.45) is 0.224. The van der Waals surface area contributed by atoms with E-state index >= 15 is 0 Å². The lowest BCUT2D eigenvalue weighted by atomic mass is 10.0. The van der Waals surface area contributed by atoms with Gasteiger partial charge in [0.25, 0.3) is 10.0 Å². The fourth-order valence-electron chi connectivity index (χ4n) is 4.60. The number of anilines is 1. The molecule has 10 heteroatoms. The van der Waals surface area contributed by atoms with Crippen molar-refractivity contribution in [2.24, 2.45) is 0 Å². The second kappa shape index (κ2) is 13.9. The van der Waals surface area contributed by atoms with E-state index in [2.05, 4.69) is 5.32 Å². The number of nitrogens with zero attached hydrogens (tertiary/aromatic N) is 2. The van der Waals surface area contributed by atoms with Gasteiger partial charge < -0.3 is 10.2 Å². The number of carbonyl (C=O) groups excluding carboxylic acids is 2. The van der Waals surface area contributed by atoms with Crippen molar-refractivity contribution in [3.63, 3.8) is 0 Å². The van der Waals surface area contributed by atoms with Crippen molar-refractivity contribution in [3.05, 3.63) is 130 Å². The van der Waals surface area contributed by atoms with Crippen molar-refractivity contribution in [1.82, 2.24) is 10.2 Å². The van der Waals surface area contributed by atoms with Crippen LogP contribution in [0.3, 0.4) is 0 Å². The number of nitrogens with one attached hydrogen (secondary N) is 1. The molecule has 0 aliphatic rings. The average molecular weight is 625 g/mol. The van der Waals surface area contributed by atoms with E-state index in [1.165, 1.54) is 42.3 Å². The molecule has 0 aliphatic heterocycles. The summed E-state index contributed by atoms with van der Waals surface area (Å²) in [6, 6.07) is 28.2. The van der Waals surface area contributed by atoms with Gasteiger partial charge in [-0.15, -0.1) is 0 Å². The lowest BCUT2D eigenvalue weighted by Gasteiger charge is -2.34. The first kappa shape index (κ1) is 31.1. The standard InChI is InChI=1S/C32H31Cl2N3O4S/c1-23-11-9-10-14-25(23)21-36(30(32(39)35-2)19-24-12-5-3-6-13-24)31(38)22-37(29-20-26(33)17-18-28(29)34)42(40,41)27-15-7-4-8-16-27/h3-18,20,30H,19,21-22H2,1-2H3,(H,35,39)/t30-/m1/s1. The van der Waals surface area contributed by atoms with Gasteiger partial charge in [0.15, 0.2) is 0 Å². The third-order valence-corrected chi connectivity index (χ3v) is 9.24. The number of hydrogen-bond acceptors (Lipinski definition) is 4. The zero-order valence-electron chi connectivity index (χ0n) is 23.2. The fourth-order valence-corrected chi connectivity index (χ4v) is 6.48. The van der Waals surface area contributed by atoms with Crippen LogP contribution in [0, 0.1) is 6.92 Å². The van der Waals surface area contributed by atoms with Crippen LogP contribution in [-0.4, -0.2) is 44.8 Å². The van der Waals surface area contributed by atoms with Crippen molar-refractivity contribution < 1.29 is 18.0 Å². The van der Waals surface area contributed by atoms with Gasteiger partial charge in [-0.05, 0) is 53.9 Å². The molecule has 4 rings (SSSR count). The Kier molecular flexibility index (Phi) is 10.3. The summed E-state index contributed by atoms with van der Waals surface area (Å²) in [5.74, 6) is -0.961. The maximum absolute atomic E-state index is 14.3. The number of halogens is 2. The van der Waals surface area contributed by atoms with Crippen molar-refractivity contribution in [3.8, 4) is 0 Å². The van der Waals surface area contributed by atoms with Crippen LogP contribution < -0.4 is 9.62 Å². The van der Waals surface area contributed by atoms with Gasteiger partial charge in [-0.3, -0.25) is 13.9 Å². The minimum Gasteiger partial charge on any atom is -0.357 e. The molecule has 4 aromatic rings. The normalized spacial score (nSPS) is 11.9. The first-order valence-corrected chi connectivity index (χ1v) is 15.4. The highest BCUT2D eigenvalue weighted by atomic mass is 35.5. The molecule has 1 atom stereocenters. The van der Waals surface area contributed by atoms with Crippen LogP contribution in [0.5, 0.6) is 0 Å². The zero-order valence-corrected chi connectivity index (χ0v) is 25.5. The van der Waals surface area contributed by atoms with Gasteiger partial charge in [0.2, 0.25) is 11.8 Å². The maximum Gasteiger partial charge on any atom is 0.264 e. The van der Waals surface area contributed by atoms with Gasteiger partial charge in [-0.25, -0.2) is 8.42 Å². The smallest absolute Gasteiger partial charge is 0.264 e. The molecule has 1 N–H and O–H groups in total. The minimum absolute atomic E-state index is 0.0218. The molecule has 0 aromatic heterocycles. The largest absolute Gasteiger partial charge is 0.357 e. The lowest BCUT2D eigenvalue weighted by Crippen LogP contribution is -2.53. The summed E-state index contributed by atoms with van der Waals surface area (Å²) in [7, 11) is -2.76. The molecule has 218 valence electrons. The van der Waals surface area contributed by atoms with Crippen molar-refractivity contribution >= 4 is 50.7 Å². The predicted octanol–water partition coefficient (Wildman–Crippen LogP) is 5.88. The third kappa shape index (κ3) is 7.31. The molecule has 0 saturated carbocycles. The van der Waals surface area contributed by atoms with Gasteiger partial charge in [0, 0.05) is 25.0 Å². The van der Waals surface area contributed by atoms with Crippen molar-refractivity contribution in [2.45, 2.75) is 30.8 Å². The molecule has 0 aliphatic carbocycles. The number of likely N-dealkylation sites (N-methyl/N-ethyl adjacent to an activating group) is 1. The zero-order chi connectivity index (χ0) is 30.3. The molecule has 0 saturated heterocycles. The van der Waals surface area contributed by atoms with E-state index in [-0.39, 0.29) is 39.5 Å². The molecular formula is C32H31Cl2N3O4S. The number of aryl methyl sites for hydroxylation is 1. The fraction of sp³-hybridized carbons (Fsp3) is 0.188. The molecule has 0 spiro atoms. The first-order chi connectivity index (χ1) is 20.1. The molecule has 0 radical (unpaired) electrons. The quantitative estimate of drug-likeness (QED) is 0.226. The second-order valence-corrected chi connectivity index (χ2v) is 12.4. The maximum atomic E-state index is 14.3. The van der Waals surface area contributed by atoms with Crippen LogP contribution >= 0.6 is 23.2 Å². The average Bonchev–Trinajstić information content (AvgIpc) is 3.00. The Bertz CT molecular complexity index is 1650. The number of amides is 2. The van der Waals surface area contributed by atoms with E-state index < -0.39 is 28.5 Å². The van der Waals surface area contributed by atoms with E-state index in [9.17, 15) is 18.0 Å². The van der Waals surface area contributed by atoms with E-state index in [0.717, 1.165) is 21.0 Å². The van der Waals surface area contributed by atoms with Crippen molar-refractivity contribution in [1.29, 1.82) is 0 Å². The minimum atomic E-state index is -4.27. The molecule has 0 unspecified atom stereocenters. The van der Waals surface area contributed by atoms with Gasteiger partial charge in [0.05, 0.1) is 15.6 Å². The number of rotatable bonds is 11.